The van der Waals surface area contributed by atoms with E-state index in [0.717, 1.165) is 6.04 Å². The molecule has 1 aliphatic heterocycles. The fraction of sp³-hybridized carbons (Fsp3) is 1.00. The molecular formula is C8H21NSi2. The zero-order valence-electron chi connectivity index (χ0n) is 8.30. The van der Waals surface area contributed by atoms with Crippen molar-refractivity contribution in [1.82, 2.24) is 4.23 Å². The molecule has 1 rings (SSSR count). The minimum Gasteiger partial charge on any atom is -0.348 e. The van der Waals surface area contributed by atoms with Gasteiger partial charge in [0.05, 0.1) is 0 Å². The molecule has 66 valence electrons. The second kappa shape index (κ2) is 3.87. The summed E-state index contributed by atoms with van der Waals surface area (Å²) in [6.07, 6.45) is 1.55. The van der Waals surface area contributed by atoms with Gasteiger partial charge in [0.1, 0.15) is 17.9 Å². The lowest BCUT2D eigenvalue weighted by Gasteiger charge is -2.40. The lowest BCUT2D eigenvalue weighted by Crippen LogP contribution is -2.52. The van der Waals surface area contributed by atoms with Crippen LogP contribution in [-0.2, 0) is 0 Å². The van der Waals surface area contributed by atoms with Gasteiger partial charge in [-0.1, -0.05) is 33.4 Å². The first-order valence-corrected chi connectivity index (χ1v) is 9.88. The van der Waals surface area contributed by atoms with Crippen molar-refractivity contribution in [2.75, 3.05) is 0 Å². The van der Waals surface area contributed by atoms with Crippen LogP contribution in [0.4, 0.5) is 0 Å². The van der Waals surface area contributed by atoms with Crippen LogP contribution in [0.5, 0.6) is 0 Å². The molecule has 0 bridgehead atoms. The van der Waals surface area contributed by atoms with Gasteiger partial charge in [0.2, 0.25) is 0 Å². The molecule has 0 aliphatic carbocycles. The largest absolute Gasteiger partial charge is 0.348 e. The highest BCUT2D eigenvalue weighted by atomic mass is 28.4. The summed E-state index contributed by atoms with van der Waals surface area (Å²) in [5, 5.41) is 0. The Hall–Kier alpha value is 0.394. The molecule has 11 heavy (non-hydrogen) atoms. The van der Waals surface area contributed by atoms with Crippen LogP contribution in [0.3, 0.4) is 0 Å². The summed E-state index contributed by atoms with van der Waals surface area (Å²) < 4.78 is 2.92. The first-order valence-electron chi connectivity index (χ1n) is 4.90. The van der Waals surface area contributed by atoms with Crippen LogP contribution >= 0.6 is 0 Å². The number of hydrogen-bond donors (Lipinski definition) is 0. The Bertz CT molecular complexity index is 117. The third-order valence-corrected chi connectivity index (χ3v) is 11.6. The summed E-state index contributed by atoms with van der Waals surface area (Å²) in [5.74, 6) is 0. The van der Waals surface area contributed by atoms with E-state index < -0.39 is 17.9 Å². The quantitative estimate of drug-likeness (QED) is 0.566. The smallest absolute Gasteiger partial charge is 0.101 e. The SMILES string of the molecule is CC(C)N1[SiH](C)CCC[SiH]1C. The minimum atomic E-state index is -0.430. The standard InChI is InChI=1S/C8H21NSi2/c1-8(2)9-10(3)6-5-7-11(9)4/h8,10-11H,5-7H2,1-4H3. The summed E-state index contributed by atoms with van der Waals surface area (Å²) in [7, 11) is -0.860. The third kappa shape index (κ3) is 2.16. The molecule has 0 aromatic heterocycles. The molecule has 3 heteroatoms. The molecule has 0 N–H and O–H groups in total. The predicted octanol–water partition coefficient (Wildman–Crippen LogP) is 1.81. The maximum absolute atomic E-state index is 2.92. The maximum atomic E-state index is 2.92. The van der Waals surface area contributed by atoms with Crippen molar-refractivity contribution in [3.8, 4) is 0 Å². The van der Waals surface area contributed by atoms with Crippen LogP contribution in [0, 0.1) is 0 Å². The Morgan fingerprint density at radius 3 is 1.82 bits per heavy atom. The molecular weight excluding hydrogens is 166 g/mol. The van der Waals surface area contributed by atoms with Gasteiger partial charge in [-0.25, -0.2) is 0 Å². The van der Waals surface area contributed by atoms with Crippen molar-refractivity contribution in [3.05, 3.63) is 0 Å². The van der Waals surface area contributed by atoms with Crippen molar-refractivity contribution in [3.63, 3.8) is 0 Å². The lowest BCUT2D eigenvalue weighted by molar-refractivity contribution is 0.511. The lowest BCUT2D eigenvalue weighted by atomic mass is 10.4. The molecule has 2 unspecified atom stereocenters. The molecule has 0 aromatic carbocycles. The Labute approximate surface area is 74.2 Å². The van der Waals surface area contributed by atoms with Crippen molar-refractivity contribution >= 4 is 17.9 Å². The highest BCUT2D eigenvalue weighted by Gasteiger charge is 2.27. The van der Waals surface area contributed by atoms with Gasteiger partial charge in [0, 0.05) is 0 Å². The first-order chi connectivity index (χ1) is 5.13. The summed E-state index contributed by atoms with van der Waals surface area (Å²) in [6, 6.07) is 3.98. The molecule has 0 aromatic rings. The van der Waals surface area contributed by atoms with Gasteiger partial charge < -0.3 is 4.23 Å². The number of nitrogens with zero attached hydrogens (tertiary/aromatic N) is 1. The molecule has 0 saturated carbocycles. The Balaban J connectivity index is 2.55. The normalized spacial score (nSPS) is 34.6. The van der Waals surface area contributed by atoms with Crippen LogP contribution in [0.2, 0.25) is 25.2 Å². The Kier molecular flexibility index (Phi) is 3.34. The van der Waals surface area contributed by atoms with Gasteiger partial charge in [-0.05, 0) is 18.1 Å². The molecule has 1 saturated heterocycles. The van der Waals surface area contributed by atoms with Gasteiger partial charge in [-0.3, -0.25) is 0 Å². The second-order valence-electron chi connectivity index (χ2n) is 4.17. The average molecular weight is 187 g/mol. The van der Waals surface area contributed by atoms with Crippen LogP contribution in [0.1, 0.15) is 20.3 Å². The van der Waals surface area contributed by atoms with Crippen molar-refractivity contribution in [2.24, 2.45) is 0 Å². The topological polar surface area (TPSA) is 3.24 Å². The van der Waals surface area contributed by atoms with Gasteiger partial charge in [0.25, 0.3) is 0 Å². The van der Waals surface area contributed by atoms with Crippen molar-refractivity contribution < 1.29 is 0 Å². The molecule has 1 aliphatic rings. The highest BCUT2D eigenvalue weighted by Crippen LogP contribution is 2.21. The fourth-order valence-corrected chi connectivity index (χ4v) is 11.6. The van der Waals surface area contributed by atoms with E-state index in [-0.39, 0.29) is 0 Å². The fourth-order valence-electron chi connectivity index (χ4n) is 2.46. The molecule has 0 spiro atoms. The number of hydrogen-bond acceptors (Lipinski definition) is 1. The maximum Gasteiger partial charge on any atom is 0.101 e. The first kappa shape index (κ1) is 9.48. The van der Waals surface area contributed by atoms with Crippen molar-refractivity contribution in [2.45, 2.75) is 51.5 Å². The third-order valence-electron chi connectivity index (χ3n) is 2.86. The predicted molar refractivity (Wildman–Crippen MR) is 57.2 cm³/mol. The van der Waals surface area contributed by atoms with Crippen LogP contribution in [0.25, 0.3) is 0 Å². The zero-order chi connectivity index (χ0) is 8.43. The zero-order valence-corrected chi connectivity index (χ0v) is 10.6. The molecule has 2 atom stereocenters. The Morgan fingerprint density at radius 2 is 1.55 bits per heavy atom. The summed E-state index contributed by atoms with van der Waals surface area (Å²) >= 11 is 0. The van der Waals surface area contributed by atoms with E-state index in [1.165, 1.54) is 0 Å². The second-order valence-corrected chi connectivity index (χ2v) is 10.5. The van der Waals surface area contributed by atoms with E-state index in [4.69, 9.17) is 0 Å². The molecule has 1 heterocycles. The molecule has 1 fully saturated rings. The summed E-state index contributed by atoms with van der Waals surface area (Å²) in [6.45, 7) is 9.81. The monoisotopic (exact) mass is 187 g/mol. The average Bonchev–Trinajstić information content (AvgIpc) is 1.85. The number of rotatable bonds is 1. The van der Waals surface area contributed by atoms with Gasteiger partial charge in [-0.2, -0.15) is 0 Å². The summed E-state index contributed by atoms with van der Waals surface area (Å²) in [5.41, 5.74) is 0. The van der Waals surface area contributed by atoms with E-state index in [1.54, 1.807) is 18.5 Å². The van der Waals surface area contributed by atoms with Gasteiger partial charge >= 0.3 is 0 Å². The highest BCUT2D eigenvalue weighted by molar-refractivity contribution is 6.72. The van der Waals surface area contributed by atoms with Crippen LogP contribution in [-0.4, -0.2) is 28.2 Å². The van der Waals surface area contributed by atoms with E-state index in [0.29, 0.717) is 0 Å². The van der Waals surface area contributed by atoms with Crippen molar-refractivity contribution in [1.29, 1.82) is 0 Å². The Morgan fingerprint density at radius 1 is 1.09 bits per heavy atom. The summed E-state index contributed by atoms with van der Waals surface area (Å²) in [4.78, 5) is 0. The van der Waals surface area contributed by atoms with E-state index >= 15 is 0 Å². The molecule has 1 nitrogen and oxygen atoms in total. The van der Waals surface area contributed by atoms with E-state index in [1.807, 2.05) is 0 Å². The van der Waals surface area contributed by atoms with E-state index in [9.17, 15) is 0 Å². The molecule has 0 amide bonds. The van der Waals surface area contributed by atoms with Crippen LogP contribution < -0.4 is 0 Å². The van der Waals surface area contributed by atoms with Crippen LogP contribution in [0.15, 0.2) is 0 Å². The van der Waals surface area contributed by atoms with Gasteiger partial charge in [0.15, 0.2) is 0 Å². The minimum absolute atomic E-state index is 0.430. The molecule has 0 radical (unpaired) electrons. The van der Waals surface area contributed by atoms with Gasteiger partial charge in [-0.15, -0.1) is 0 Å². The van der Waals surface area contributed by atoms with E-state index in [2.05, 4.69) is 31.2 Å².